The molecule has 0 atom stereocenters. The van der Waals surface area contributed by atoms with Crippen molar-refractivity contribution in [2.24, 2.45) is 0 Å². The van der Waals surface area contributed by atoms with Crippen molar-refractivity contribution < 1.29 is 17.9 Å². The van der Waals surface area contributed by atoms with E-state index in [4.69, 9.17) is 4.74 Å². The maximum Gasteiger partial charge on any atom is 0.421 e. The molecule has 2 aromatic carbocycles. The lowest BCUT2D eigenvalue weighted by Gasteiger charge is -2.15. The Kier molecular flexibility index (Phi) is 9.76. The summed E-state index contributed by atoms with van der Waals surface area (Å²) in [6, 6.07) is 14.6. The molecule has 188 valence electrons. The largest absolute Gasteiger partial charge is 0.494 e. The zero-order valence-electron chi connectivity index (χ0n) is 20.3. The molecule has 35 heavy (non-hydrogen) atoms. The molecular weight excluding hydrogens is 453 g/mol. The van der Waals surface area contributed by atoms with Crippen molar-refractivity contribution in [2.75, 3.05) is 17.2 Å². The second-order valence-electron chi connectivity index (χ2n) is 8.44. The van der Waals surface area contributed by atoms with E-state index in [1.807, 2.05) is 24.3 Å². The molecule has 0 aliphatic rings. The number of rotatable bonds is 13. The standard InChI is InChI=1S/C27H33F3N4O/c1-3-5-7-8-9-20-10-12-22(13-11-20)33-26-31-19-24(27(28,29)30)25(34-26)32-21-14-16-23(17-15-21)35-18-6-4-2/h10-17,19H,3-9,18H2,1-2H3,(H2,31,32,33,34). The lowest BCUT2D eigenvalue weighted by Crippen LogP contribution is -2.12. The second-order valence-corrected chi connectivity index (χ2v) is 8.44. The lowest BCUT2D eigenvalue weighted by molar-refractivity contribution is -0.137. The Morgan fingerprint density at radius 3 is 2.11 bits per heavy atom. The van der Waals surface area contributed by atoms with Crippen LogP contribution in [0.4, 0.5) is 36.3 Å². The van der Waals surface area contributed by atoms with E-state index >= 15 is 0 Å². The van der Waals surface area contributed by atoms with Crippen LogP contribution in [0.3, 0.4) is 0 Å². The minimum Gasteiger partial charge on any atom is -0.494 e. The van der Waals surface area contributed by atoms with Gasteiger partial charge in [0.05, 0.1) is 6.61 Å². The Hall–Kier alpha value is -3.29. The molecule has 3 aromatic rings. The summed E-state index contributed by atoms with van der Waals surface area (Å²) in [6.45, 7) is 4.86. The van der Waals surface area contributed by atoms with Crippen molar-refractivity contribution >= 4 is 23.1 Å². The summed E-state index contributed by atoms with van der Waals surface area (Å²) in [5, 5.41) is 5.78. The number of halogens is 3. The molecule has 0 bridgehead atoms. The molecule has 0 saturated carbocycles. The molecule has 0 radical (unpaired) electrons. The highest BCUT2D eigenvalue weighted by molar-refractivity contribution is 5.63. The van der Waals surface area contributed by atoms with Crippen LogP contribution in [-0.4, -0.2) is 16.6 Å². The molecule has 5 nitrogen and oxygen atoms in total. The third kappa shape index (κ3) is 8.46. The van der Waals surface area contributed by atoms with Gasteiger partial charge in [0.15, 0.2) is 0 Å². The Morgan fingerprint density at radius 1 is 0.800 bits per heavy atom. The Labute approximate surface area is 205 Å². The molecule has 2 N–H and O–H groups in total. The monoisotopic (exact) mass is 486 g/mol. The van der Waals surface area contributed by atoms with Crippen LogP contribution >= 0.6 is 0 Å². The number of hydrogen-bond donors (Lipinski definition) is 2. The zero-order valence-corrected chi connectivity index (χ0v) is 20.3. The van der Waals surface area contributed by atoms with Crippen molar-refractivity contribution in [3.05, 3.63) is 65.9 Å². The van der Waals surface area contributed by atoms with Gasteiger partial charge in [-0.1, -0.05) is 51.7 Å². The summed E-state index contributed by atoms with van der Waals surface area (Å²) in [5.41, 5.74) is 1.47. The first kappa shape index (κ1) is 26.3. The number of benzene rings is 2. The van der Waals surface area contributed by atoms with Gasteiger partial charge >= 0.3 is 6.18 Å². The number of anilines is 4. The molecule has 0 fully saturated rings. The molecule has 3 rings (SSSR count). The first-order chi connectivity index (χ1) is 16.9. The fraction of sp³-hybridized carbons (Fsp3) is 0.407. The maximum absolute atomic E-state index is 13.6. The highest BCUT2D eigenvalue weighted by Crippen LogP contribution is 2.35. The van der Waals surface area contributed by atoms with E-state index in [0.717, 1.165) is 31.9 Å². The van der Waals surface area contributed by atoms with E-state index in [1.165, 1.54) is 24.8 Å². The number of aromatic nitrogens is 2. The van der Waals surface area contributed by atoms with Crippen LogP contribution in [0.5, 0.6) is 5.75 Å². The van der Waals surface area contributed by atoms with Gasteiger partial charge in [-0.05, 0) is 61.2 Å². The van der Waals surface area contributed by atoms with Crippen LogP contribution in [-0.2, 0) is 12.6 Å². The Bertz CT molecular complexity index is 1040. The van der Waals surface area contributed by atoms with Crippen LogP contribution in [0.1, 0.15) is 63.5 Å². The molecule has 0 saturated heterocycles. The van der Waals surface area contributed by atoms with Crippen LogP contribution in [0, 0.1) is 0 Å². The summed E-state index contributed by atoms with van der Waals surface area (Å²) in [7, 11) is 0. The minimum absolute atomic E-state index is 0.0794. The summed E-state index contributed by atoms with van der Waals surface area (Å²) < 4.78 is 46.4. The first-order valence-corrected chi connectivity index (χ1v) is 12.2. The second kappa shape index (κ2) is 13.0. The van der Waals surface area contributed by atoms with Gasteiger partial charge in [-0.15, -0.1) is 0 Å². The number of aryl methyl sites for hydroxylation is 1. The predicted molar refractivity (Wildman–Crippen MR) is 135 cm³/mol. The lowest BCUT2D eigenvalue weighted by atomic mass is 10.1. The quantitative estimate of drug-likeness (QED) is 0.238. The van der Waals surface area contributed by atoms with Crippen LogP contribution in [0.15, 0.2) is 54.7 Å². The highest BCUT2D eigenvalue weighted by atomic mass is 19.4. The average Bonchev–Trinajstić information content (AvgIpc) is 2.83. The predicted octanol–water partition coefficient (Wildman–Crippen LogP) is 8.28. The molecule has 8 heteroatoms. The molecule has 1 aromatic heterocycles. The van der Waals surface area contributed by atoms with Gasteiger partial charge in [0.2, 0.25) is 5.95 Å². The number of unbranched alkanes of at least 4 members (excludes halogenated alkanes) is 4. The summed E-state index contributed by atoms with van der Waals surface area (Å²) >= 11 is 0. The third-order valence-electron chi connectivity index (χ3n) is 5.51. The van der Waals surface area contributed by atoms with Crippen LogP contribution in [0.25, 0.3) is 0 Å². The van der Waals surface area contributed by atoms with Crippen LogP contribution < -0.4 is 15.4 Å². The molecule has 0 aliphatic heterocycles. The van der Waals surface area contributed by atoms with Crippen molar-refractivity contribution in [3.8, 4) is 5.75 Å². The topological polar surface area (TPSA) is 59.1 Å². The van der Waals surface area contributed by atoms with Crippen molar-refractivity contribution in [1.82, 2.24) is 9.97 Å². The molecule has 0 spiro atoms. The van der Waals surface area contributed by atoms with Gasteiger partial charge < -0.3 is 15.4 Å². The average molecular weight is 487 g/mol. The fourth-order valence-corrected chi connectivity index (χ4v) is 3.49. The number of nitrogens with one attached hydrogen (secondary N) is 2. The van der Waals surface area contributed by atoms with E-state index in [-0.39, 0.29) is 11.8 Å². The van der Waals surface area contributed by atoms with Crippen LogP contribution in [0.2, 0.25) is 0 Å². The first-order valence-electron chi connectivity index (χ1n) is 12.2. The smallest absolute Gasteiger partial charge is 0.421 e. The van der Waals surface area contributed by atoms with Gasteiger partial charge in [-0.2, -0.15) is 18.2 Å². The van der Waals surface area contributed by atoms with Crippen molar-refractivity contribution in [1.29, 1.82) is 0 Å². The third-order valence-corrected chi connectivity index (χ3v) is 5.51. The summed E-state index contributed by atoms with van der Waals surface area (Å²) in [4.78, 5) is 8.01. The Balaban J connectivity index is 1.70. The van der Waals surface area contributed by atoms with Crippen molar-refractivity contribution in [3.63, 3.8) is 0 Å². The van der Waals surface area contributed by atoms with E-state index in [0.29, 0.717) is 23.7 Å². The van der Waals surface area contributed by atoms with E-state index in [9.17, 15) is 13.2 Å². The number of nitrogens with zero attached hydrogens (tertiary/aromatic N) is 2. The van der Waals surface area contributed by atoms with Gasteiger partial charge in [0.25, 0.3) is 0 Å². The molecule has 0 amide bonds. The van der Waals surface area contributed by atoms with Gasteiger partial charge in [0.1, 0.15) is 17.1 Å². The molecule has 0 aliphatic carbocycles. The van der Waals surface area contributed by atoms with Gasteiger partial charge in [0, 0.05) is 17.6 Å². The van der Waals surface area contributed by atoms with E-state index in [1.54, 1.807) is 24.3 Å². The maximum atomic E-state index is 13.6. The zero-order chi connectivity index (χ0) is 25.1. The van der Waals surface area contributed by atoms with Crippen molar-refractivity contribution in [2.45, 2.75) is 65.0 Å². The van der Waals surface area contributed by atoms with Gasteiger partial charge in [-0.3, -0.25) is 0 Å². The fourth-order valence-electron chi connectivity index (χ4n) is 3.49. The number of alkyl halides is 3. The number of ether oxygens (including phenoxy) is 1. The SMILES string of the molecule is CCCCCCc1ccc(Nc2ncc(C(F)(F)F)c(Nc3ccc(OCCCC)cc3)n2)cc1. The molecule has 1 heterocycles. The molecule has 0 unspecified atom stereocenters. The minimum atomic E-state index is -4.59. The normalized spacial score (nSPS) is 11.3. The summed E-state index contributed by atoms with van der Waals surface area (Å²) in [6.07, 6.45) is 3.95. The van der Waals surface area contributed by atoms with Gasteiger partial charge in [-0.25, -0.2) is 4.98 Å². The Morgan fingerprint density at radius 2 is 1.46 bits per heavy atom. The highest BCUT2D eigenvalue weighted by Gasteiger charge is 2.35. The van der Waals surface area contributed by atoms with E-state index in [2.05, 4.69) is 34.4 Å². The van der Waals surface area contributed by atoms with E-state index < -0.39 is 11.7 Å². The molecular formula is C27H33F3N4O. The number of hydrogen-bond acceptors (Lipinski definition) is 5. The summed E-state index contributed by atoms with van der Waals surface area (Å²) in [5.74, 6) is 0.428.